The summed E-state index contributed by atoms with van der Waals surface area (Å²) in [5.74, 6) is 0. The summed E-state index contributed by atoms with van der Waals surface area (Å²) in [6.07, 6.45) is 0.799. The number of aryl methyl sites for hydroxylation is 1. The van der Waals surface area contributed by atoms with Crippen molar-refractivity contribution in [3.05, 3.63) is 41.6 Å². The van der Waals surface area contributed by atoms with Crippen LogP contribution in [-0.2, 0) is 4.84 Å². The van der Waals surface area contributed by atoms with Crippen molar-refractivity contribution in [1.82, 2.24) is 4.98 Å². The fourth-order valence-electron chi connectivity index (χ4n) is 2.13. The minimum atomic E-state index is 0.0202. The number of nitrogens with zero attached hydrogens (tertiary/aromatic N) is 2. The lowest BCUT2D eigenvalue weighted by Gasteiger charge is -2.04. The molecule has 0 saturated carbocycles. The van der Waals surface area contributed by atoms with Crippen LogP contribution in [0.15, 0.2) is 35.5 Å². The summed E-state index contributed by atoms with van der Waals surface area (Å²) in [7, 11) is 0. The summed E-state index contributed by atoms with van der Waals surface area (Å²) in [6, 6.07) is 10.3. The SMILES string of the molecule is Cc1ccc2cc(C3=NOC(CN)C3)ccc2n1. The summed E-state index contributed by atoms with van der Waals surface area (Å²) in [5.41, 5.74) is 9.66. The van der Waals surface area contributed by atoms with Crippen molar-refractivity contribution in [2.24, 2.45) is 10.9 Å². The third kappa shape index (κ3) is 1.95. The Morgan fingerprint density at radius 3 is 3.00 bits per heavy atom. The Labute approximate surface area is 105 Å². The molecule has 1 unspecified atom stereocenters. The minimum absolute atomic E-state index is 0.0202. The van der Waals surface area contributed by atoms with Crippen LogP contribution in [-0.4, -0.2) is 23.3 Å². The van der Waals surface area contributed by atoms with Gasteiger partial charge in [-0.25, -0.2) is 0 Å². The number of pyridine rings is 1. The molecule has 0 bridgehead atoms. The number of fused-ring (bicyclic) bond motifs is 1. The van der Waals surface area contributed by atoms with Crippen LogP contribution < -0.4 is 5.73 Å². The number of oxime groups is 1. The number of benzene rings is 1. The quantitative estimate of drug-likeness (QED) is 0.874. The molecule has 0 radical (unpaired) electrons. The molecule has 0 amide bonds. The average molecular weight is 241 g/mol. The van der Waals surface area contributed by atoms with Crippen LogP contribution in [0.4, 0.5) is 0 Å². The van der Waals surface area contributed by atoms with E-state index >= 15 is 0 Å². The molecule has 18 heavy (non-hydrogen) atoms. The van der Waals surface area contributed by atoms with Gasteiger partial charge in [0.1, 0.15) is 6.10 Å². The predicted molar refractivity (Wildman–Crippen MR) is 71.6 cm³/mol. The van der Waals surface area contributed by atoms with E-state index < -0.39 is 0 Å². The van der Waals surface area contributed by atoms with E-state index in [0.29, 0.717) is 6.54 Å². The van der Waals surface area contributed by atoms with E-state index in [1.54, 1.807) is 0 Å². The first-order valence-corrected chi connectivity index (χ1v) is 6.07. The summed E-state index contributed by atoms with van der Waals surface area (Å²) in [6.45, 7) is 2.50. The third-order valence-corrected chi connectivity index (χ3v) is 3.16. The van der Waals surface area contributed by atoms with Crippen LogP contribution in [0, 0.1) is 6.92 Å². The molecule has 1 aliphatic heterocycles. The van der Waals surface area contributed by atoms with Gasteiger partial charge in [-0.2, -0.15) is 0 Å². The van der Waals surface area contributed by atoms with Crippen molar-refractivity contribution in [2.75, 3.05) is 6.54 Å². The first kappa shape index (κ1) is 11.2. The van der Waals surface area contributed by atoms with Crippen molar-refractivity contribution in [1.29, 1.82) is 0 Å². The lowest BCUT2D eigenvalue weighted by atomic mass is 10.0. The second kappa shape index (κ2) is 4.38. The summed E-state index contributed by atoms with van der Waals surface area (Å²) in [5, 5.41) is 5.22. The normalized spacial score (nSPS) is 18.8. The zero-order valence-electron chi connectivity index (χ0n) is 10.3. The smallest absolute Gasteiger partial charge is 0.145 e. The Kier molecular flexibility index (Phi) is 2.72. The fraction of sp³-hybridized carbons (Fsp3) is 0.286. The molecule has 4 heteroatoms. The molecule has 1 aliphatic rings. The van der Waals surface area contributed by atoms with Gasteiger partial charge in [-0.05, 0) is 25.1 Å². The lowest BCUT2D eigenvalue weighted by molar-refractivity contribution is 0.0918. The molecule has 0 spiro atoms. The van der Waals surface area contributed by atoms with E-state index in [1.807, 2.05) is 25.1 Å². The maximum atomic E-state index is 5.57. The minimum Gasteiger partial charge on any atom is -0.390 e. The molecule has 92 valence electrons. The van der Waals surface area contributed by atoms with E-state index in [4.69, 9.17) is 10.6 Å². The van der Waals surface area contributed by atoms with Crippen molar-refractivity contribution in [3.63, 3.8) is 0 Å². The molecule has 4 nitrogen and oxygen atoms in total. The first-order valence-electron chi connectivity index (χ1n) is 6.07. The zero-order valence-corrected chi connectivity index (χ0v) is 10.3. The molecule has 1 aromatic carbocycles. The molecular weight excluding hydrogens is 226 g/mol. The Morgan fingerprint density at radius 1 is 1.33 bits per heavy atom. The molecule has 1 aromatic heterocycles. The first-order chi connectivity index (χ1) is 8.76. The fourth-order valence-corrected chi connectivity index (χ4v) is 2.13. The second-order valence-electron chi connectivity index (χ2n) is 4.57. The number of hydrogen-bond donors (Lipinski definition) is 1. The highest BCUT2D eigenvalue weighted by Gasteiger charge is 2.20. The molecular formula is C14H15N3O. The van der Waals surface area contributed by atoms with Crippen LogP contribution >= 0.6 is 0 Å². The number of nitrogens with two attached hydrogens (primary N) is 1. The van der Waals surface area contributed by atoms with E-state index in [1.165, 1.54) is 0 Å². The molecule has 3 rings (SSSR count). The summed E-state index contributed by atoms with van der Waals surface area (Å²) < 4.78 is 0. The Bertz CT molecular complexity index is 621. The Morgan fingerprint density at radius 2 is 2.22 bits per heavy atom. The van der Waals surface area contributed by atoms with E-state index in [-0.39, 0.29) is 6.10 Å². The summed E-state index contributed by atoms with van der Waals surface area (Å²) in [4.78, 5) is 9.73. The second-order valence-corrected chi connectivity index (χ2v) is 4.57. The van der Waals surface area contributed by atoms with Gasteiger partial charge < -0.3 is 10.6 Å². The molecule has 0 aliphatic carbocycles. The van der Waals surface area contributed by atoms with E-state index in [2.05, 4.69) is 22.3 Å². The number of hydrogen-bond acceptors (Lipinski definition) is 4. The number of aromatic nitrogens is 1. The van der Waals surface area contributed by atoms with Crippen LogP contribution in [0.3, 0.4) is 0 Å². The third-order valence-electron chi connectivity index (χ3n) is 3.16. The summed E-state index contributed by atoms with van der Waals surface area (Å²) >= 11 is 0. The maximum absolute atomic E-state index is 5.57. The van der Waals surface area contributed by atoms with Crippen LogP contribution in [0.1, 0.15) is 17.7 Å². The average Bonchev–Trinajstić information content (AvgIpc) is 2.87. The Hall–Kier alpha value is -1.94. The molecule has 2 heterocycles. The van der Waals surface area contributed by atoms with Gasteiger partial charge in [-0.3, -0.25) is 4.98 Å². The lowest BCUT2D eigenvalue weighted by Crippen LogP contribution is -2.20. The van der Waals surface area contributed by atoms with Gasteiger partial charge in [0.05, 0.1) is 11.2 Å². The molecule has 2 N–H and O–H groups in total. The molecule has 2 aromatic rings. The maximum Gasteiger partial charge on any atom is 0.145 e. The van der Waals surface area contributed by atoms with Crippen LogP contribution in [0.25, 0.3) is 10.9 Å². The van der Waals surface area contributed by atoms with Gasteiger partial charge in [0.2, 0.25) is 0 Å². The van der Waals surface area contributed by atoms with E-state index in [0.717, 1.165) is 34.3 Å². The Balaban J connectivity index is 1.97. The largest absolute Gasteiger partial charge is 0.390 e. The van der Waals surface area contributed by atoms with Gasteiger partial charge in [0, 0.05) is 29.6 Å². The molecule has 1 atom stereocenters. The highest BCUT2D eigenvalue weighted by atomic mass is 16.6. The van der Waals surface area contributed by atoms with Crippen molar-refractivity contribution in [3.8, 4) is 0 Å². The zero-order chi connectivity index (χ0) is 12.5. The predicted octanol–water partition coefficient (Wildman–Crippen LogP) is 1.99. The van der Waals surface area contributed by atoms with Gasteiger partial charge in [0.15, 0.2) is 0 Å². The van der Waals surface area contributed by atoms with E-state index in [9.17, 15) is 0 Å². The van der Waals surface area contributed by atoms with Crippen molar-refractivity contribution >= 4 is 16.6 Å². The van der Waals surface area contributed by atoms with Crippen molar-refractivity contribution in [2.45, 2.75) is 19.4 Å². The van der Waals surface area contributed by atoms with Crippen LogP contribution in [0.2, 0.25) is 0 Å². The van der Waals surface area contributed by atoms with Crippen molar-refractivity contribution < 1.29 is 4.84 Å². The highest BCUT2D eigenvalue weighted by Crippen LogP contribution is 2.20. The molecule has 0 fully saturated rings. The topological polar surface area (TPSA) is 60.5 Å². The van der Waals surface area contributed by atoms with Gasteiger partial charge >= 0.3 is 0 Å². The number of rotatable bonds is 2. The van der Waals surface area contributed by atoms with Gasteiger partial charge in [0.25, 0.3) is 0 Å². The molecule has 0 saturated heterocycles. The highest BCUT2D eigenvalue weighted by molar-refractivity contribution is 6.03. The standard InChI is InChI=1S/C14H15N3O/c1-9-2-3-10-6-11(4-5-13(10)16-9)14-7-12(8-15)18-17-14/h2-6,12H,7-8,15H2,1H3. The van der Waals surface area contributed by atoms with Gasteiger partial charge in [-0.1, -0.05) is 17.3 Å². The van der Waals surface area contributed by atoms with Crippen LogP contribution in [0.5, 0.6) is 0 Å². The monoisotopic (exact) mass is 241 g/mol. The van der Waals surface area contributed by atoms with Gasteiger partial charge in [-0.15, -0.1) is 0 Å².